The van der Waals surface area contributed by atoms with Gasteiger partial charge in [-0.3, -0.25) is 9.59 Å². The lowest BCUT2D eigenvalue weighted by atomic mass is 10.2. The van der Waals surface area contributed by atoms with Crippen LogP contribution in [-0.4, -0.2) is 52.6 Å². The van der Waals surface area contributed by atoms with E-state index in [0.717, 1.165) is 6.42 Å². The van der Waals surface area contributed by atoms with Crippen molar-refractivity contribution in [1.82, 2.24) is 15.4 Å². The number of nitrogens with one attached hydrogen (secondary N) is 3. The molecule has 9 heteroatoms. The van der Waals surface area contributed by atoms with Crippen LogP contribution in [0.15, 0.2) is 29.2 Å². The monoisotopic (exact) mass is 385 g/mol. The van der Waals surface area contributed by atoms with Crippen LogP contribution in [0.5, 0.6) is 0 Å². The molecule has 1 rings (SSSR count). The predicted molar refractivity (Wildman–Crippen MR) is 98.3 cm³/mol. The van der Waals surface area contributed by atoms with E-state index in [9.17, 15) is 18.0 Å². The summed E-state index contributed by atoms with van der Waals surface area (Å²) in [6.07, 6.45) is 0.780. The number of hydrogen-bond donors (Lipinski definition) is 3. The molecule has 1 aromatic rings. The molecule has 1 aromatic carbocycles. The maximum absolute atomic E-state index is 12.3. The van der Waals surface area contributed by atoms with Gasteiger partial charge in [0.05, 0.1) is 11.5 Å². The molecule has 146 valence electrons. The van der Waals surface area contributed by atoms with Crippen molar-refractivity contribution in [2.45, 2.75) is 44.2 Å². The third-order valence-electron chi connectivity index (χ3n) is 3.75. The molecule has 0 radical (unpaired) electrons. The number of benzene rings is 1. The highest BCUT2D eigenvalue weighted by Gasteiger charge is 2.20. The van der Waals surface area contributed by atoms with Crippen LogP contribution >= 0.6 is 0 Å². The van der Waals surface area contributed by atoms with Crippen LogP contribution in [0.2, 0.25) is 0 Å². The Labute approximate surface area is 154 Å². The average molecular weight is 385 g/mol. The average Bonchev–Trinajstić information content (AvgIpc) is 2.61. The molecule has 0 aliphatic rings. The lowest BCUT2D eigenvalue weighted by Crippen LogP contribution is -2.47. The van der Waals surface area contributed by atoms with Crippen LogP contribution in [0.1, 0.15) is 37.6 Å². The van der Waals surface area contributed by atoms with E-state index >= 15 is 0 Å². The first-order chi connectivity index (χ1) is 12.2. The van der Waals surface area contributed by atoms with Crippen LogP contribution < -0.4 is 15.4 Å². The van der Waals surface area contributed by atoms with Gasteiger partial charge in [0.1, 0.15) is 6.04 Å². The number of carbonyl (C=O) groups excluding carboxylic acids is 2. The maximum Gasteiger partial charge on any atom is 0.251 e. The third-order valence-corrected chi connectivity index (χ3v) is 5.21. The second kappa shape index (κ2) is 10.2. The zero-order valence-electron chi connectivity index (χ0n) is 15.5. The van der Waals surface area contributed by atoms with Crippen LogP contribution in [0.25, 0.3) is 0 Å². The highest BCUT2D eigenvalue weighted by molar-refractivity contribution is 7.89. The molecule has 26 heavy (non-hydrogen) atoms. The summed E-state index contributed by atoms with van der Waals surface area (Å²) in [5.41, 5.74) is 0.155. The molecular formula is C17H27N3O5S. The van der Waals surface area contributed by atoms with E-state index in [2.05, 4.69) is 15.4 Å². The molecule has 0 spiro atoms. The van der Waals surface area contributed by atoms with Gasteiger partial charge < -0.3 is 15.4 Å². The summed E-state index contributed by atoms with van der Waals surface area (Å²) in [7, 11) is -2.27. The van der Waals surface area contributed by atoms with E-state index in [1.54, 1.807) is 6.92 Å². The summed E-state index contributed by atoms with van der Waals surface area (Å²) in [5, 5.41) is 5.35. The predicted octanol–water partition coefficient (Wildman–Crippen LogP) is 0.644. The molecule has 2 amide bonds. The fourth-order valence-electron chi connectivity index (χ4n) is 1.98. The minimum absolute atomic E-state index is 0.00787. The number of hydrogen-bond acceptors (Lipinski definition) is 5. The van der Waals surface area contributed by atoms with Crippen molar-refractivity contribution >= 4 is 21.8 Å². The molecule has 0 saturated heterocycles. The van der Waals surface area contributed by atoms with Crippen molar-refractivity contribution in [1.29, 1.82) is 0 Å². The first kappa shape index (κ1) is 22.1. The Morgan fingerprint density at radius 1 is 1.19 bits per heavy atom. The van der Waals surface area contributed by atoms with E-state index < -0.39 is 22.0 Å². The molecule has 0 aliphatic heterocycles. The summed E-state index contributed by atoms with van der Waals surface area (Å²) in [6, 6.07) is 4.89. The molecule has 0 aromatic heterocycles. The minimum Gasteiger partial charge on any atom is -0.383 e. The molecule has 2 atom stereocenters. The molecular weight excluding hydrogens is 358 g/mol. The number of sulfonamides is 1. The Hall–Kier alpha value is -1.97. The number of rotatable bonds is 10. The molecule has 2 unspecified atom stereocenters. The van der Waals surface area contributed by atoms with Crippen molar-refractivity contribution in [3.8, 4) is 0 Å². The fraction of sp³-hybridized carbons (Fsp3) is 0.529. The third kappa shape index (κ3) is 6.74. The van der Waals surface area contributed by atoms with Gasteiger partial charge in [0.15, 0.2) is 0 Å². The molecule has 0 aliphatic carbocycles. The van der Waals surface area contributed by atoms with E-state index in [1.807, 2.05) is 13.8 Å². The minimum atomic E-state index is -3.74. The quantitative estimate of drug-likeness (QED) is 0.512. The van der Waals surface area contributed by atoms with Gasteiger partial charge in [-0.2, -0.15) is 0 Å². The summed E-state index contributed by atoms with van der Waals surface area (Å²) in [4.78, 5) is 24.3. The van der Waals surface area contributed by atoms with Crippen molar-refractivity contribution in [3.63, 3.8) is 0 Å². The van der Waals surface area contributed by atoms with E-state index in [4.69, 9.17) is 4.74 Å². The lowest BCUT2D eigenvalue weighted by Gasteiger charge is -2.17. The van der Waals surface area contributed by atoms with Gasteiger partial charge in [0.25, 0.3) is 5.91 Å². The van der Waals surface area contributed by atoms with Crippen molar-refractivity contribution in [2.75, 3.05) is 20.3 Å². The highest BCUT2D eigenvalue weighted by atomic mass is 32.2. The maximum atomic E-state index is 12.3. The highest BCUT2D eigenvalue weighted by Crippen LogP contribution is 2.11. The van der Waals surface area contributed by atoms with Gasteiger partial charge in [-0.05, 0) is 38.5 Å². The normalized spacial score (nSPS) is 13.7. The summed E-state index contributed by atoms with van der Waals surface area (Å²) in [6.45, 7) is 5.75. The number of ether oxygens (including phenoxy) is 1. The Morgan fingerprint density at radius 3 is 2.50 bits per heavy atom. The zero-order valence-corrected chi connectivity index (χ0v) is 16.4. The van der Waals surface area contributed by atoms with Gasteiger partial charge in [-0.25, -0.2) is 13.1 Å². The van der Waals surface area contributed by atoms with Crippen LogP contribution in [0.3, 0.4) is 0 Å². The van der Waals surface area contributed by atoms with Gasteiger partial charge in [-0.15, -0.1) is 0 Å². The molecule has 8 nitrogen and oxygen atoms in total. The Bertz CT molecular complexity index is 721. The van der Waals surface area contributed by atoms with Crippen LogP contribution in [0.4, 0.5) is 0 Å². The molecule has 0 heterocycles. The first-order valence-corrected chi connectivity index (χ1v) is 9.89. The van der Waals surface area contributed by atoms with Crippen molar-refractivity contribution in [2.24, 2.45) is 0 Å². The SMILES string of the molecule is CCC(C)NC(=O)C(C)NC(=O)c1cccc(S(=O)(=O)NCCOC)c1. The van der Waals surface area contributed by atoms with Crippen LogP contribution in [0, 0.1) is 0 Å². The van der Waals surface area contributed by atoms with Gasteiger partial charge in [-0.1, -0.05) is 13.0 Å². The Balaban J connectivity index is 2.80. The first-order valence-electron chi connectivity index (χ1n) is 8.41. The van der Waals surface area contributed by atoms with Gasteiger partial charge in [0.2, 0.25) is 15.9 Å². The summed E-state index contributed by atoms with van der Waals surface area (Å²) in [5.74, 6) is -0.816. The van der Waals surface area contributed by atoms with Crippen molar-refractivity contribution in [3.05, 3.63) is 29.8 Å². The standard InChI is InChI=1S/C17H27N3O5S/c1-5-12(2)19-16(21)13(3)20-17(22)14-7-6-8-15(11-14)26(23,24)18-9-10-25-4/h6-8,11-13,18H,5,9-10H2,1-4H3,(H,19,21)(H,20,22). The van der Waals surface area contributed by atoms with E-state index in [-0.39, 0.29) is 35.6 Å². The molecule has 0 saturated carbocycles. The van der Waals surface area contributed by atoms with E-state index in [0.29, 0.717) is 0 Å². The second-order valence-electron chi connectivity index (χ2n) is 5.93. The Kier molecular flexibility index (Phi) is 8.70. The zero-order chi connectivity index (χ0) is 19.7. The van der Waals surface area contributed by atoms with Crippen molar-refractivity contribution < 1.29 is 22.7 Å². The second-order valence-corrected chi connectivity index (χ2v) is 7.70. The van der Waals surface area contributed by atoms with Crippen LogP contribution in [-0.2, 0) is 19.6 Å². The number of methoxy groups -OCH3 is 1. The fourth-order valence-corrected chi connectivity index (χ4v) is 3.04. The Morgan fingerprint density at radius 2 is 1.88 bits per heavy atom. The largest absolute Gasteiger partial charge is 0.383 e. The van der Waals surface area contributed by atoms with Gasteiger partial charge >= 0.3 is 0 Å². The van der Waals surface area contributed by atoms with E-state index in [1.165, 1.54) is 31.4 Å². The summed E-state index contributed by atoms with van der Waals surface area (Å²) >= 11 is 0. The summed E-state index contributed by atoms with van der Waals surface area (Å²) < 4.78 is 31.6. The molecule has 3 N–H and O–H groups in total. The topological polar surface area (TPSA) is 114 Å². The molecule has 0 bridgehead atoms. The number of carbonyl (C=O) groups is 2. The number of amides is 2. The lowest BCUT2D eigenvalue weighted by molar-refractivity contribution is -0.123. The smallest absolute Gasteiger partial charge is 0.251 e. The molecule has 0 fully saturated rings. The van der Waals surface area contributed by atoms with Gasteiger partial charge in [0, 0.05) is 25.3 Å².